The van der Waals surface area contributed by atoms with Gasteiger partial charge >= 0.3 is 0 Å². The van der Waals surface area contributed by atoms with Crippen LogP contribution in [0.5, 0.6) is 0 Å². The van der Waals surface area contributed by atoms with E-state index in [0.29, 0.717) is 13.0 Å². The zero-order valence-corrected chi connectivity index (χ0v) is 17.6. The lowest BCUT2D eigenvalue weighted by molar-refractivity contribution is -0.135. The molecule has 1 fully saturated rings. The highest BCUT2D eigenvalue weighted by atomic mass is 16.2. The van der Waals surface area contributed by atoms with Gasteiger partial charge in [0.2, 0.25) is 11.8 Å². The molecular formula is C22H35N3O2. The third-order valence-electron chi connectivity index (χ3n) is 5.37. The van der Waals surface area contributed by atoms with Crippen LogP contribution in [0.4, 0.5) is 11.4 Å². The predicted octanol–water partition coefficient (Wildman–Crippen LogP) is 3.84. The first kappa shape index (κ1) is 21.3. The Labute approximate surface area is 164 Å². The summed E-state index contributed by atoms with van der Waals surface area (Å²) in [6, 6.07) is 6.26. The van der Waals surface area contributed by atoms with E-state index in [0.717, 1.165) is 50.3 Å². The van der Waals surface area contributed by atoms with Crippen LogP contribution < -0.4 is 9.80 Å². The minimum absolute atomic E-state index is 0.0555. The lowest BCUT2D eigenvalue weighted by Crippen LogP contribution is -2.38. The van der Waals surface area contributed by atoms with Crippen molar-refractivity contribution >= 4 is 23.2 Å². The van der Waals surface area contributed by atoms with Crippen LogP contribution >= 0.6 is 0 Å². The highest BCUT2D eigenvalue weighted by molar-refractivity contribution is 6.01. The van der Waals surface area contributed by atoms with Gasteiger partial charge in [0.15, 0.2) is 0 Å². The van der Waals surface area contributed by atoms with Gasteiger partial charge in [0.25, 0.3) is 0 Å². The van der Waals surface area contributed by atoms with Gasteiger partial charge in [-0.1, -0.05) is 13.8 Å². The Hall–Kier alpha value is -2.04. The molecule has 1 unspecified atom stereocenters. The molecule has 5 heteroatoms. The van der Waals surface area contributed by atoms with Crippen molar-refractivity contribution in [1.82, 2.24) is 4.90 Å². The predicted molar refractivity (Wildman–Crippen MR) is 112 cm³/mol. The average Bonchev–Trinajstić information content (AvgIpc) is 3.03. The van der Waals surface area contributed by atoms with Gasteiger partial charge in [0, 0.05) is 50.5 Å². The van der Waals surface area contributed by atoms with E-state index in [1.807, 2.05) is 17.9 Å². The Morgan fingerprint density at radius 3 is 2.26 bits per heavy atom. The molecule has 0 N–H and O–H groups in total. The first-order chi connectivity index (χ1) is 13.0. The highest BCUT2D eigenvalue weighted by Gasteiger charge is 2.37. The summed E-state index contributed by atoms with van der Waals surface area (Å²) in [4.78, 5) is 31.6. The molecule has 1 aliphatic heterocycles. The first-order valence-corrected chi connectivity index (χ1v) is 10.4. The number of aryl methyl sites for hydroxylation is 1. The minimum Gasteiger partial charge on any atom is -0.372 e. The molecule has 1 saturated heterocycles. The fourth-order valence-electron chi connectivity index (χ4n) is 3.96. The van der Waals surface area contributed by atoms with E-state index in [-0.39, 0.29) is 17.7 Å². The van der Waals surface area contributed by atoms with Gasteiger partial charge in [-0.25, -0.2) is 0 Å². The lowest BCUT2D eigenvalue weighted by Gasteiger charge is -2.26. The van der Waals surface area contributed by atoms with E-state index < -0.39 is 0 Å². The van der Waals surface area contributed by atoms with Gasteiger partial charge in [0.05, 0.1) is 5.92 Å². The Kier molecular flexibility index (Phi) is 7.69. The van der Waals surface area contributed by atoms with Crippen LogP contribution in [0.1, 0.15) is 52.5 Å². The van der Waals surface area contributed by atoms with Crippen molar-refractivity contribution in [3.63, 3.8) is 0 Å². The van der Waals surface area contributed by atoms with Gasteiger partial charge in [-0.3, -0.25) is 9.59 Å². The maximum Gasteiger partial charge on any atom is 0.228 e. The molecule has 1 aromatic rings. The molecule has 27 heavy (non-hydrogen) atoms. The molecule has 2 rings (SSSR count). The Morgan fingerprint density at radius 2 is 1.74 bits per heavy atom. The molecule has 1 heterocycles. The van der Waals surface area contributed by atoms with Gasteiger partial charge in [0.1, 0.15) is 0 Å². The maximum atomic E-state index is 12.9. The summed E-state index contributed by atoms with van der Waals surface area (Å²) >= 11 is 0. The molecule has 1 atom stereocenters. The molecule has 0 spiro atoms. The Morgan fingerprint density at radius 1 is 1.11 bits per heavy atom. The van der Waals surface area contributed by atoms with Crippen molar-refractivity contribution in [3.05, 3.63) is 23.8 Å². The molecule has 5 nitrogen and oxygen atoms in total. The molecule has 1 aliphatic rings. The number of rotatable bonds is 9. The number of carbonyl (C=O) groups excluding carboxylic acids is 2. The number of benzene rings is 1. The third-order valence-corrected chi connectivity index (χ3v) is 5.37. The second kappa shape index (κ2) is 9.77. The van der Waals surface area contributed by atoms with E-state index in [4.69, 9.17) is 0 Å². The third kappa shape index (κ3) is 4.82. The van der Waals surface area contributed by atoms with E-state index in [1.165, 1.54) is 5.69 Å². The van der Waals surface area contributed by atoms with Crippen LogP contribution in [0.2, 0.25) is 0 Å². The molecule has 0 aromatic heterocycles. The zero-order valence-electron chi connectivity index (χ0n) is 17.6. The van der Waals surface area contributed by atoms with Crippen molar-refractivity contribution in [3.8, 4) is 0 Å². The Bertz CT molecular complexity index is 649. The van der Waals surface area contributed by atoms with Crippen LogP contribution in [0.15, 0.2) is 18.2 Å². The summed E-state index contributed by atoms with van der Waals surface area (Å²) < 4.78 is 0. The van der Waals surface area contributed by atoms with Crippen molar-refractivity contribution in [2.75, 3.05) is 42.5 Å². The minimum atomic E-state index is -0.225. The van der Waals surface area contributed by atoms with E-state index >= 15 is 0 Å². The second-order valence-electron chi connectivity index (χ2n) is 7.37. The normalized spacial score (nSPS) is 16.7. The summed E-state index contributed by atoms with van der Waals surface area (Å²) in [5.74, 6) is -0.0376. The van der Waals surface area contributed by atoms with Gasteiger partial charge in [-0.2, -0.15) is 0 Å². The maximum absolute atomic E-state index is 12.9. The van der Waals surface area contributed by atoms with Crippen LogP contribution in [-0.2, 0) is 9.59 Å². The summed E-state index contributed by atoms with van der Waals surface area (Å²) in [5.41, 5.74) is 3.20. The standard InChI is InChI=1S/C22H35N3O2/c1-6-12-24(13-7-2)22(27)18-15-21(26)25(16-18)20-11-10-19(14-17(20)5)23(8-3)9-4/h10-11,14,18H,6-9,12-13,15-16H2,1-5H3. The van der Waals surface area contributed by atoms with E-state index in [9.17, 15) is 9.59 Å². The fourth-order valence-corrected chi connectivity index (χ4v) is 3.96. The summed E-state index contributed by atoms with van der Waals surface area (Å²) in [6.45, 7) is 14.5. The molecular weight excluding hydrogens is 338 g/mol. The molecule has 2 amide bonds. The lowest BCUT2D eigenvalue weighted by atomic mass is 10.1. The van der Waals surface area contributed by atoms with Crippen LogP contribution in [0.3, 0.4) is 0 Å². The molecule has 150 valence electrons. The summed E-state index contributed by atoms with van der Waals surface area (Å²) in [5, 5.41) is 0. The smallest absolute Gasteiger partial charge is 0.228 e. The van der Waals surface area contributed by atoms with Crippen LogP contribution in [0.25, 0.3) is 0 Å². The number of hydrogen-bond donors (Lipinski definition) is 0. The quantitative estimate of drug-likeness (QED) is 0.660. The molecule has 0 saturated carbocycles. The summed E-state index contributed by atoms with van der Waals surface area (Å²) in [6.07, 6.45) is 2.21. The van der Waals surface area contributed by atoms with Crippen molar-refractivity contribution in [2.45, 2.75) is 53.9 Å². The first-order valence-electron chi connectivity index (χ1n) is 10.4. The monoisotopic (exact) mass is 373 g/mol. The second-order valence-corrected chi connectivity index (χ2v) is 7.37. The molecule has 1 aromatic carbocycles. The van der Waals surface area contributed by atoms with Gasteiger partial charge in [-0.05, 0) is 57.4 Å². The average molecular weight is 374 g/mol. The van der Waals surface area contributed by atoms with Crippen LogP contribution in [-0.4, -0.2) is 49.4 Å². The van der Waals surface area contributed by atoms with Gasteiger partial charge < -0.3 is 14.7 Å². The number of anilines is 2. The molecule has 0 aliphatic carbocycles. The van der Waals surface area contributed by atoms with E-state index in [1.54, 1.807) is 4.90 Å². The van der Waals surface area contributed by atoms with Crippen molar-refractivity contribution < 1.29 is 9.59 Å². The SMILES string of the molecule is CCCN(CCC)C(=O)C1CC(=O)N(c2ccc(N(CC)CC)cc2C)C1. The van der Waals surface area contributed by atoms with Crippen molar-refractivity contribution in [1.29, 1.82) is 0 Å². The molecule has 0 radical (unpaired) electrons. The van der Waals surface area contributed by atoms with E-state index in [2.05, 4.69) is 44.7 Å². The van der Waals surface area contributed by atoms with Crippen LogP contribution in [0, 0.1) is 12.8 Å². The summed E-state index contributed by atoms with van der Waals surface area (Å²) in [7, 11) is 0. The van der Waals surface area contributed by atoms with Crippen molar-refractivity contribution in [2.24, 2.45) is 5.92 Å². The Balaban J connectivity index is 2.16. The number of amides is 2. The fraction of sp³-hybridized carbons (Fsp3) is 0.636. The topological polar surface area (TPSA) is 43.9 Å². The highest BCUT2D eigenvalue weighted by Crippen LogP contribution is 2.31. The zero-order chi connectivity index (χ0) is 20.0. The molecule has 0 bridgehead atoms. The number of hydrogen-bond acceptors (Lipinski definition) is 3. The number of nitrogens with zero attached hydrogens (tertiary/aromatic N) is 3. The van der Waals surface area contributed by atoms with Gasteiger partial charge in [-0.15, -0.1) is 0 Å². The largest absolute Gasteiger partial charge is 0.372 e. The number of carbonyl (C=O) groups is 2.